The maximum Gasteiger partial charge on any atom is 0.165 e. The second-order valence-corrected chi connectivity index (χ2v) is 9.97. The van der Waals surface area contributed by atoms with E-state index in [2.05, 4.69) is 0 Å². The first-order chi connectivity index (χ1) is 12.3. The number of hydrogen-bond donors (Lipinski definition) is 0. The highest BCUT2D eigenvalue weighted by Gasteiger charge is 2.42. The third-order valence-electron chi connectivity index (χ3n) is 4.14. The predicted molar refractivity (Wildman–Crippen MR) is 99.8 cm³/mol. The van der Waals surface area contributed by atoms with Crippen LogP contribution in [0.15, 0.2) is 41.3 Å². The van der Waals surface area contributed by atoms with Gasteiger partial charge in [-0.1, -0.05) is 18.5 Å². The summed E-state index contributed by atoms with van der Waals surface area (Å²) in [7, 11) is -3.54. The molecule has 2 atom stereocenters. The summed E-state index contributed by atoms with van der Waals surface area (Å²) in [5.74, 6) is -1.62. The number of hydrogen-bond acceptors (Lipinski definition) is 4. The predicted octanol–water partition coefficient (Wildman–Crippen LogP) is 5.04. The van der Waals surface area contributed by atoms with Gasteiger partial charge in [-0.3, -0.25) is 0 Å². The van der Waals surface area contributed by atoms with E-state index in [4.69, 9.17) is 16.3 Å². The van der Waals surface area contributed by atoms with Crippen molar-refractivity contribution in [2.45, 2.75) is 28.7 Å². The van der Waals surface area contributed by atoms with Crippen LogP contribution in [0.5, 0.6) is 5.75 Å². The first-order valence-electron chi connectivity index (χ1n) is 8.08. The summed E-state index contributed by atoms with van der Waals surface area (Å²) in [6, 6.07) is 8.77. The van der Waals surface area contributed by atoms with Gasteiger partial charge < -0.3 is 4.74 Å². The molecule has 0 amide bonds. The van der Waals surface area contributed by atoms with Crippen LogP contribution in [0.1, 0.15) is 24.2 Å². The van der Waals surface area contributed by atoms with E-state index in [1.165, 1.54) is 11.8 Å². The Morgan fingerprint density at radius 3 is 2.46 bits per heavy atom. The molecule has 0 aliphatic carbocycles. The molecule has 8 heteroatoms. The minimum absolute atomic E-state index is 0.0367. The van der Waals surface area contributed by atoms with Gasteiger partial charge in [0.1, 0.15) is 17.7 Å². The lowest BCUT2D eigenvalue weighted by Gasteiger charge is -2.33. The number of ether oxygens (including phenoxy) is 1. The van der Waals surface area contributed by atoms with E-state index in [0.29, 0.717) is 16.3 Å². The molecule has 2 aromatic rings. The Labute approximate surface area is 160 Å². The summed E-state index contributed by atoms with van der Waals surface area (Å²) in [5.41, 5.74) is -0.0409. The molecule has 0 N–H and O–H groups in total. The fraction of sp³-hybridized carbons (Fsp3) is 0.333. The summed E-state index contributed by atoms with van der Waals surface area (Å²) in [6.45, 7) is 1.55. The zero-order valence-electron chi connectivity index (χ0n) is 13.9. The summed E-state index contributed by atoms with van der Waals surface area (Å²) in [4.78, 5) is 0.715. The summed E-state index contributed by atoms with van der Waals surface area (Å²) < 4.78 is 59.4. The Balaban J connectivity index is 2.09. The van der Waals surface area contributed by atoms with Crippen LogP contribution >= 0.6 is 23.4 Å². The normalized spacial score (nSPS) is 19.7. The molecule has 1 aliphatic heterocycles. The van der Waals surface area contributed by atoms with Crippen molar-refractivity contribution in [2.24, 2.45) is 0 Å². The van der Waals surface area contributed by atoms with Gasteiger partial charge >= 0.3 is 0 Å². The van der Waals surface area contributed by atoms with E-state index in [9.17, 15) is 17.2 Å². The lowest BCUT2D eigenvalue weighted by Crippen LogP contribution is -2.38. The smallest absolute Gasteiger partial charge is 0.165 e. The molecule has 3 rings (SSSR count). The van der Waals surface area contributed by atoms with Crippen molar-refractivity contribution in [2.75, 3.05) is 12.4 Å². The Bertz CT molecular complexity index is 901. The van der Waals surface area contributed by atoms with Gasteiger partial charge in [-0.2, -0.15) is 0 Å². The van der Waals surface area contributed by atoms with Gasteiger partial charge in [0.05, 0.1) is 11.0 Å². The lowest BCUT2D eigenvalue weighted by atomic mass is 10.0. The van der Waals surface area contributed by atoms with Crippen LogP contribution in [0, 0.1) is 11.6 Å². The van der Waals surface area contributed by atoms with E-state index in [-0.39, 0.29) is 23.7 Å². The van der Waals surface area contributed by atoms with E-state index < -0.39 is 32.0 Å². The van der Waals surface area contributed by atoms with E-state index >= 15 is 0 Å². The molecule has 0 fully saturated rings. The van der Waals surface area contributed by atoms with Crippen LogP contribution in [0.3, 0.4) is 0 Å². The van der Waals surface area contributed by atoms with Crippen molar-refractivity contribution >= 4 is 33.2 Å². The molecule has 1 aliphatic rings. The second kappa shape index (κ2) is 7.74. The van der Waals surface area contributed by atoms with Crippen LogP contribution in [0.4, 0.5) is 8.78 Å². The maximum absolute atomic E-state index is 14.5. The highest BCUT2D eigenvalue weighted by Crippen LogP contribution is 2.48. The molecule has 0 saturated carbocycles. The zero-order chi connectivity index (χ0) is 18.9. The second-order valence-electron chi connectivity index (χ2n) is 5.98. The standard InChI is InChI=1S/C18H17ClF2O3S2/c1-2-9-26(22,23)15-10-24-17-14(21)8-7-13(20)16(17)18(15)25-12-5-3-11(19)4-6-12/h3-8,15,18H,2,9-10H2,1H3/t15-,18+/m1/s1. The first kappa shape index (κ1) is 19.5. The SMILES string of the molecule is CCCS(=O)(=O)[C@@H]1COc2c(F)ccc(F)c2[C@H]1Sc1ccc(Cl)cc1. The molecule has 0 bridgehead atoms. The van der Waals surface area contributed by atoms with Crippen LogP contribution in [-0.4, -0.2) is 26.0 Å². The molecule has 1 heterocycles. The molecule has 0 radical (unpaired) electrons. The number of fused-ring (bicyclic) bond motifs is 1. The largest absolute Gasteiger partial charge is 0.489 e. The first-order valence-corrected chi connectivity index (χ1v) is 11.0. The minimum Gasteiger partial charge on any atom is -0.489 e. The van der Waals surface area contributed by atoms with Gasteiger partial charge in [0.2, 0.25) is 0 Å². The van der Waals surface area contributed by atoms with Gasteiger partial charge in [-0.05, 0) is 42.8 Å². The van der Waals surface area contributed by atoms with Crippen molar-refractivity contribution in [1.82, 2.24) is 0 Å². The Hall–Kier alpha value is -1.31. The highest BCUT2D eigenvalue weighted by molar-refractivity contribution is 8.01. The molecule has 140 valence electrons. The molecule has 0 unspecified atom stereocenters. The molecular formula is C18H17ClF2O3S2. The van der Waals surface area contributed by atoms with Crippen molar-refractivity contribution in [3.05, 3.63) is 58.6 Å². The average molecular weight is 419 g/mol. The average Bonchev–Trinajstić information content (AvgIpc) is 2.60. The number of sulfone groups is 1. The van der Waals surface area contributed by atoms with Gasteiger partial charge in [0, 0.05) is 15.5 Å². The van der Waals surface area contributed by atoms with Crippen LogP contribution in [0.2, 0.25) is 5.02 Å². The topological polar surface area (TPSA) is 43.4 Å². The van der Waals surface area contributed by atoms with Gasteiger partial charge in [0.15, 0.2) is 21.4 Å². The monoisotopic (exact) mass is 418 g/mol. The minimum atomic E-state index is -3.54. The van der Waals surface area contributed by atoms with Crippen molar-refractivity contribution in [3.63, 3.8) is 0 Å². The summed E-state index contributed by atoms with van der Waals surface area (Å²) >= 11 is 7.06. The fourth-order valence-corrected chi connectivity index (χ4v) is 6.54. The molecule has 2 aromatic carbocycles. The Morgan fingerprint density at radius 1 is 1.15 bits per heavy atom. The molecule has 26 heavy (non-hydrogen) atoms. The third-order valence-corrected chi connectivity index (χ3v) is 8.23. The lowest BCUT2D eigenvalue weighted by molar-refractivity contribution is 0.268. The molecular weight excluding hydrogens is 402 g/mol. The molecule has 0 saturated heterocycles. The van der Waals surface area contributed by atoms with Crippen LogP contribution < -0.4 is 4.74 Å². The van der Waals surface area contributed by atoms with Crippen LogP contribution in [-0.2, 0) is 9.84 Å². The quantitative estimate of drug-likeness (QED) is 0.682. The number of benzene rings is 2. The van der Waals surface area contributed by atoms with Crippen molar-refractivity contribution < 1.29 is 21.9 Å². The van der Waals surface area contributed by atoms with Gasteiger partial charge in [0.25, 0.3) is 0 Å². The van der Waals surface area contributed by atoms with E-state index in [1.54, 1.807) is 31.2 Å². The Kier molecular flexibility index (Phi) is 5.79. The highest BCUT2D eigenvalue weighted by atomic mass is 35.5. The number of halogens is 3. The fourth-order valence-electron chi connectivity index (χ4n) is 2.92. The number of rotatable bonds is 5. The van der Waals surface area contributed by atoms with E-state index in [0.717, 1.165) is 12.1 Å². The molecule has 0 spiro atoms. The zero-order valence-corrected chi connectivity index (χ0v) is 16.3. The molecule has 0 aromatic heterocycles. The van der Waals surface area contributed by atoms with Gasteiger partial charge in [-0.15, -0.1) is 11.8 Å². The van der Waals surface area contributed by atoms with Crippen molar-refractivity contribution in [1.29, 1.82) is 0 Å². The van der Waals surface area contributed by atoms with Crippen LogP contribution in [0.25, 0.3) is 0 Å². The third kappa shape index (κ3) is 3.85. The number of thioether (sulfide) groups is 1. The Morgan fingerprint density at radius 2 is 1.81 bits per heavy atom. The summed E-state index contributed by atoms with van der Waals surface area (Å²) in [5, 5.41) is -1.24. The van der Waals surface area contributed by atoms with E-state index in [1.807, 2.05) is 0 Å². The van der Waals surface area contributed by atoms with Gasteiger partial charge in [-0.25, -0.2) is 17.2 Å². The van der Waals surface area contributed by atoms with Crippen molar-refractivity contribution in [3.8, 4) is 5.75 Å². The summed E-state index contributed by atoms with van der Waals surface area (Å²) in [6.07, 6.45) is 0.440. The maximum atomic E-state index is 14.5. The molecule has 3 nitrogen and oxygen atoms in total.